The fraction of sp³-hybridized carbons (Fsp3) is 0.400. The van der Waals surface area contributed by atoms with Crippen LogP contribution in [0.1, 0.15) is 26.3 Å². The molecular weight excluding hydrogens is 477 g/mol. The Balaban J connectivity index is 1.30. The second-order valence-corrected chi connectivity index (χ2v) is 10.1. The third-order valence-electron chi connectivity index (χ3n) is 5.91. The Morgan fingerprint density at radius 2 is 1.86 bits per heavy atom. The SMILES string of the molecule is Cn1cc(Nc2ncc3cnn(Cc4cc(F)cc(N5CCN(C(=O)OC(C)(C)C)CC5)c4)c3n2)cn1. The van der Waals surface area contributed by atoms with Gasteiger partial charge in [0.1, 0.15) is 11.4 Å². The maximum atomic E-state index is 14.6. The van der Waals surface area contributed by atoms with Gasteiger partial charge in [-0.25, -0.2) is 18.9 Å². The van der Waals surface area contributed by atoms with E-state index in [1.807, 2.05) is 40.1 Å². The van der Waals surface area contributed by atoms with Gasteiger partial charge in [-0.3, -0.25) is 4.68 Å². The highest BCUT2D eigenvalue weighted by molar-refractivity contribution is 5.75. The predicted molar refractivity (Wildman–Crippen MR) is 137 cm³/mol. The molecule has 1 aliphatic heterocycles. The van der Waals surface area contributed by atoms with Crippen LogP contribution in [0.4, 0.5) is 26.5 Å². The lowest BCUT2D eigenvalue weighted by Crippen LogP contribution is -2.50. The molecule has 11 nitrogen and oxygen atoms in total. The Labute approximate surface area is 213 Å². The van der Waals surface area contributed by atoms with E-state index in [1.165, 1.54) is 12.1 Å². The highest BCUT2D eigenvalue weighted by atomic mass is 19.1. The Morgan fingerprint density at radius 3 is 2.57 bits per heavy atom. The molecule has 5 rings (SSSR count). The van der Waals surface area contributed by atoms with Crippen molar-refractivity contribution in [1.82, 2.24) is 34.4 Å². The Hall–Kier alpha value is -4.22. The van der Waals surface area contributed by atoms with Gasteiger partial charge in [0.25, 0.3) is 0 Å². The van der Waals surface area contributed by atoms with Gasteiger partial charge in [-0.05, 0) is 44.5 Å². The monoisotopic (exact) mass is 507 g/mol. The minimum atomic E-state index is -0.539. The van der Waals surface area contributed by atoms with Crippen molar-refractivity contribution >= 4 is 34.4 Å². The number of hydrogen-bond acceptors (Lipinski definition) is 8. The standard InChI is InChI=1S/C25H30FN9O2/c1-25(2,3)37-24(36)34-7-5-33(6-8-34)21-10-17(9-19(26)11-21)15-35-22-18(13-29-35)12-27-23(31-22)30-20-14-28-32(4)16-20/h9-14,16H,5-8,15H2,1-4H3,(H,27,30,31). The summed E-state index contributed by atoms with van der Waals surface area (Å²) in [4.78, 5) is 25.1. The van der Waals surface area contributed by atoms with Crippen molar-refractivity contribution in [3.8, 4) is 0 Å². The third kappa shape index (κ3) is 5.79. The van der Waals surface area contributed by atoms with Gasteiger partial charge in [-0.2, -0.15) is 15.2 Å². The van der Waals surface area contributed by atoms with Crippen LogP contribution < -0.4 is 10.2 Å². The van der Waals surface area contributed by atoms with Gasteiger partial charge in [-0.15, -0.1) is 0 Å². The number of rotatable bonds is 5. The molecule has 1 saturated heterocycles. The average Bonchev–Trinajstić information content (AvgIpc) is 3.43. The first-order valence-electron chi connectivity index (χ1n) is 12.1. The van der Waals surface area contributed by atoms with Crippen LogP contribution in [0.2, 0.25) is 0 Å². The quantitative estimate of drug-likeness (QED) is 0.437. The topological polar surface area (TPSA) is 106 Å². The summed E-state index contributed by atoms with van der Waals surface area (Å²) in [6.07, 6.45) is 6.58. The molecule has 1 amide bonds. The largest absolute Gasteiger partial charge is 0.444 e. The fourth-order valence-electron chi connectivity index (χ4n) is 4.21. The lowest BCUT2D eigenvalue weighted by Gasteiger charge is -2.36. The minimum Gasteiger partial charge on any atom is -0.444 e. The van der Waals surface area contributed by atoms with Gasteiger partial charge in [-0.1, -0.05) is 0 Å². The molecule has 0 radical (unpaired) electrons. The zero-order valence-corrected chi connectivity index (χ0v) is 21.3. The van der Waals surface area contributed by atoms with Gasteiger partial charge in [0.2, 0.25) is 5.95 Å². The van der Waals surface area contributed by atoms with E-state index in [4.69, 9.17) is 4.74 Å². The van der Waals surface area contributed by atoms with E-state index < -0.39 is 5.60 Å². The summed E-state index contributed by atoms with van der Waals surface area (Å²) in [5, 5.41) is 12.5. The van der Waals surface area contributed by atoms with E-state index in [9.17, 15) is 9.18 Å². The zero-order chi connectivity index (χ0) is 26.2. The van der Waals surface area contributed by atoms with Gasteiger partial charge in [0.05, 0.1) is 30.0 Å². The number of hydrogen-bond donors (Lipinski definition) is 1. The second-order valence-electron chi connectivity index (χ2n) is 10.1. The highest BCUT2D eigenvalue weighted by Gasteiger charge is 2.26. The fourth-order valence-corrected chi connectivity index (χ4v) is 4.21. The van der Waals surface area contributed by atoms with E-state index in [0.717, 1.165) is 22.3 Å². The number of ether oxygens (including phenoxy) is 1. The predicted octanol–water partition coefficient (Wildman–Crippen LogP) is 3.55. The number of fused-ring (bicyclic) bond motifs is 1. The van der Waals surface area contributed by atoms with Crippen LogP contribution in [0.15, 0.2) is 43.0 Å². The molecule has 1 aliphatic rings. The van der Waals surface area contributed by atoms with Crippen molar-refractivity contribution in [1.29, 1.82) is 0 Å². The van der Waals surface area contributed by atoms with Crippen LogP contribution in [0.5, 0.6) is 0 Å². The molecule has 0 saturated carbocycles. The summed E-state index contributed by atoms with van der Waals surface area (Å²) in [6.45, 7) is 8.08. The van der Waals surface area contributed by atoms with Crippen LogP contribution in [-0.2, 0) is 18.3 Å². The lowest BCUT2D eigenvalue weighted by molar-refractivity contribution is 0.0240. The third-order valence-corrected chi connectivity index (χ3v) is 5.91. The molecular formula is C25H30FN9O2. The smallest absolute Gasteiger partial charge is 0.410 e. The summed E-state index contributed by atoms with van der Waals surface area (Å²) in [5.74, 6) is 0.0946. The van der Waals surface area contributed by atoms with Crippen molar-refractivity contribution in [2.75, 3.05) is 36.4 Å². The highest BCUT2D eigenvalue weighted by Crippen LogP contribution is 2.23. The Kier molecular flexibility index (Phi) is 6.40. The zero-order valence-electron chi connectivity index (χ0n) is 21.3. The van der Waals surface area contributed by atoms with E-state index in [-0.39, 0.29) is 11.9 Å². The molecule has 0 unspecified atom stereocenters. The number of halogens is 1. The molecule has 0 spiro atoms. The number of piperazine rings is 1. The molecule has 37 heavy (non-hydrogen) atoms. The van der Waals surface area contributed by atoms with Crippen molar-refractivity contribution in [3.63, 3.8) is 0 Å². The van der Waals surface area contributed by atoms with E-state index >= 15 is 0 Å². The number of amides is 1. The Morgan fingerprint density at radius 1 is 1.08 bits per heavy atom. The number of nitrogens with zero attached hydrogens (tertiary/aromatic N) is 8. The normalized spacial score (nSPS) is 14.3. The number of benzene rings is 1. The first kappa shape index (κ1) is 24.5. The number of aryl methyl sites for hydroxylation is 1. The van der Waals surface area contributed by atoms with Crippen LogP contribution in [0, 0.1) is 5.82 Å². The number of carbonyl (C=O) groups excluding carboxylic acids is 1. The molecule has 4 aromatic rings. The molecule has 1 fully saturated rings. The minimum absolute atomic E-state index is 0.322. The number of anilines is 3. The van der Waals surface area contributed by atoms with Crippen molar-refractivity contribution in [2.45, 2.75) is 32.9 Å². The van der Waals surface area contributed by atoms with E-state index in [2.05, 4.69) is 30.4 Å². The van der Waals surface area contributed by atoms with Crippen molar-refractivity contribution in [2.24, 2.45) is 7.05 Å². The molecule has 0 aliphatic carbocycles. The summed E-state index contributed by atoms with van der Waals surface area (Å²) < 4.78 is 23.5. The van der Waals surface area contributed by atoms with Crippen molar-refractivity contribution in [3.05, 3.63) is 54.4 Å². The molecule has 0 bridgehead atoms. The maximum absolute atomic E-state index is 14.6. The maximum Gasteiger partial charge on any atom is 0.410 e. The van der Waals surface area contributed by atoms with Gasteiger partial charge in [0, 0.05) is 51.3 Å². The summed E-state index contributed by atoms with van der Waals surface area (Å²) in [7, 11) is 1.83. The number of aromatic nitrogens is 6. The summed E-state index contributed by atoms with van der Waals surface area (Å²) in [5.41, 5.74) is 2.40. The molecule has 1 N–H and O–H groups in total. The Bertz CT molecular complexity index is 1420. The number of carbonyl (C=O) groups is 1. The van der Waals surface area contributed by atoms with E-state index in [0.29, 0.717) is 44.3 Å². The van der Waals surface area contributed by atoms with Crippen LogP contribution in [-0.4, -0.2) is 72.3 Å². The van der Waals surface area contributed by atoms with Crippen LogP contribution in [0.25, 0.3) is 11.0 Å². The molecule has 4 heterocycles. The summed E-state index contributed by atoms with van der Waals surface area (Å²) >= 11 is 0. The average molecular weight is 508 g/mol. The molecule has 1 aromatic carbocycles. The lowest BCUT2D eigenvalue weighted by atomic mass is 10.1. The summed E-state index contributed by atoms with van der Waals surface area (Å²) in [6, 6.07) is 4.98. The van der Waals surface area contributed by atoms with Crippen LogP contribution in [0.3, 0.4) is 0 Å². The first-order valence-corrected chi connectivity index (χ1v) is 12.1. The van der Waals surface area contributed by atoms with Crippen molar-refractivity contribution < 1.29 is 13.9 Å². The van der Waals surface area contributed by atoms with Crippen LogP contribution >= 0.6 is 0 Å². The first-order chi connectivity index (χ1) is 17.6. The van der Waals surface area contributed by atoms with E-state index in [1.54, 1.807) is 32.9 Å². The van der Waals surface area contributed by atoms with Gasteiger partial charge < -0.3 is 19.9 Å². The molecule has 12 heteroatoms. The molecule has 0 atom stereocenters. The molecule has 194 valence electrons. The molecule has 3 aromatic heterocycles. The second kappa shape index (κ2) is 9.68. The number of nitrogens with one attached hydrogen (secondary N) is 1. The van der Waals surface area contributed by atoms with Gasteiger partial charge >= 0.3 is 6.09 Å². The van der Waals surface area contributed by atoms with Gasteiger partial charge in [0.15, 0.2) is 5.65 Å².